The minimum absolute atomic E-state index is 0.277. The van der Waals surface area contributed by atoms with Crippen molar-refractivity contribution in [3.8, 4) is 22.5 Å². The molecule has 18 heteroatoms. The number of amides is 2. The van der Waals surface area contributed by atoms with E-state index in [2.05, 4.69) is 91.4 Å². The molecular formula is C51H50N16O2. The predicted molar refractivity (Wildman–Crippen MR) is 273 cm³/mol. The molecule has 0 radical (unpaired) electrons. The fraction of sp³-hybridized carbons (Fsp3) is 0.176. The zero-order valence-corrected chi connectivity index (χ0v) is 38.0. The topological polar surface area (TPSA) is 207 Å². The van der Waals surface area contributed by atoms with Crippen LogP contribution in [-0.2, 0) is 9.59 Å². The van der Waals surface area contributed by atoms with Gasteiger partial charge in [-0.1, -0.05) is 49.6 Å². The highest BCUT2D eigenvalue weighted by Crippen LogP contribution is 2.30. The summed E-state index contributed by atoms with van der Waals surface area (Å²) in [6, 6.07) is 26.8. The second-order valence-corrected chi connectivity index (χ2v) is 16.2. The molecule has 18 nitrogen and oxygen atoms in total. The van der Waals surface area contributed by atoms with Crippen molar-refractivity contribution in [2.45, 2.75) is 0 Å². The molecular weight excluding hydrogens is 869 g/mol. The minimum Gasteiger partial charge on any atom is -0.354 e. The first kappa shape index (κ1) is 45.4. The lowest BCUT2D eigenvalue weighted by Crippen LogP contribution is -2.44. The van der Waals surface area contributed by atoms with Gasteiger partial charge in [0.1, 0.15) is 11.6 Å². The highest BCUT2D eigenvalue weighted by Gasteiger charge is 2.17. The summed E-state index contributed by atoms with van der Waals surface area (Å²) in [5.41, 5.74) is 7.47. The molecule has 5 N–H and O–H groups in total. The number of carbonyl (C=O) groups excluding carboxylic acids is 2. The van der Waals surface area contributed by atoms with Gasteiger partial charge in [-0.2, -0.15) is 0 Å². The van der Waals surface area contributed by atoms with Gasteiger partial charge in [0.25, 0.3) is 0 Å². The third kappa shape index (κ3) is 11.3. The summed E-state index contributed by atoms with van der Waals surface area (Å²) in [6.07, 6.45) is 12.9. The zero-order chi connectivity index (χ0) is 47.5. The summed E-state index contributed by atoms with van der Waals surface area (Å²) >= 11 is 0. The van der Waals surface area contributed by atoms with Crippen LogP contribution in [0.4, 0.5) is 46.3 Å². The van der Waals surface area contributed by atoms with E-state index in [-0.39, 0.29) is 11.8 Å². The molecule has 10 rings (SSSR count). The van der Waals surface area contributed by atoms with Crippen molar-refractivity contribution < 1.29 is 9.59 Å². The minimum atomic E-state index is -0.277. The Bertz CT molecular complexity index is 3120. The highest BCUT2D eigenvalue weighted by molar-refractivity contribution is 6.01. The molecule has 0 atom stereocenters. The number of pyridine rings is 4. The molecule has 2 aliphatic rings. The Hall–Kier alpha value is -8.74. The van der Waals surface area contributed by atoms with Crippen LogP contribution in [0.5, 0.6) is 0 Å². The Morgan fingerprint density at radius 2 is 1.03 bits per heavy atom. The van der Waals surface area contributed by atoms with Gasteiger partial charge >= 0.3 is 0 Å². The Morgan fingerprint density at radius 1 is 0.551 bits per heavy atom. The van der Waals surface area contributed by atoms with Crippen LogP contribution < -0.4 is 36.4 Å². The molecule has 346 valence electrons. The molecule has 0 saturated carbocycles. The van der Waals surface area contributed by atoms with Gasteiger partial charge < -0.3 is 41.3 Å². The lowest BCUT2D eigenvalue weighted by atomic mass is 10.1. The Labute approximate surface area is 398 Å². The Kier molecular flexibility index (Phi) is 14.0. The van der Waals surface area contributed by atoms with Gasteiger partial charge in [0.15, 0.2) is 0 Å². The van der Waals surface area contributed by atoms with Crippen molar-refractivity contribution in [3.63, 3.8) is 0 Å². The Balaban J connectivity index is 0.000000172. The predicted octanol–water partition coefficient (Wildman–Crippen LogP) is 7.07. The van der Waals surface area contributed by atoms with Gasteiger partial charge in [0.05, 0.1) is 46.2 Å². The molecule has 0 unspecified atom stereocenters. The van der Waals surface area contributed by atoms with E-state index >= 15 is 0 Å². The maximum Gasteiger partial charge on any atom is 0.247 e. The normalized spacial score (nSPS) is 13.8. The van der Waals surface area contributed by atoms with E-state index in [0.29, 0.717) is 34.7 Å². The number of hydrogen-bond acceptors (Lipinski definition) is 16. The molecule has 2 aromatic carbocycles. The van der Waals surface area contributed by atoms with Crippen LogP contribution in [0.15, 0.2) is 147 Å². The number of likely N-dealkylation sites (N-methyl/N-ethyl adjacent to an activating group) is 1. The van der Waals surface area contributed by atoms with E-state index in [4.69, 9.17) is 9.97 Å². The van der Waals surface area contributed by atoms with Crippen LogP contribution >= 0.6 is 0 Å². The quantitative estimate of drug-likeness (QED) is 0.0777. The third-order valence-corrected chi connectivity index (χ3v) is 11.5. The summed E-state index contributed by atoms with van der Waals surface area (Å²) in [6.45, 7) is 14.8. The number of carbonyl (C=O) groups is 2. The third-order valence-electron chi connectivity index (χ3n) is 11.5. The van der Waals surface area contributed by atoms with Gasteiger partial charge in [-0.25, -0.2) is 29.9 Å². The largest absolute Gasteiger partial charge is 0.354 e. The smallest absolute Gasteiger partial charge is 0.247 e. The van der Waals surface area contributed by atoms with E-state index in [0.717, 1.165) is 108 Å². The number of anilines is 8. The van der Waals surface area contributed by atoms with Crippen LogP contribution in [0, 0.1) is 0 Å². The first-order chi connectivity index (χ1) is 33.8. The van der Waals surface area contributed by atoms with E-state index in [1.807, 2.05) is 72.8 Å². The van der Waals surface area contributed by atoms with Crippen LogP contribution in [0.1, 0.15) is 0 Å². The van der Waals surface area contributed by atoms with E-state index in [1.54, 1.807) is 49.3 Å². The SMILES string of the molecule is C=CC(=O)Nc1ccnc(-c2cccc3cnc(Nc4ccc(N5CCN(C)CC5)nc4)nc23)c1.C=CC(=O)Nc1ccnc(-c2cccc3cnc(Nc4ccc(N5CCNCC5)nc4)nc23)c1. The molecule has 69 heavy (non-hydrogen) atoms. The van der Waals surface area contributed by atoms with Crippen LogP contribution in [0.3, 0.4) is 0 Å². The molecule has 0 aliphatic carbocycles. The number of para-hydroxylation sites is 2. The van der Waals surface area contributed by atoms with Crippen molar-refractivity contribution in [1.29, 1.82) is 0 Å². The molecule has 2 saturated heterocycles. The molecule has 2 amide bonds. The van der Waals surface area contributed by atoms with Crippen LogP contribution in [0.25, 0.3) is 44.3 Å². The highest BCUT2D eigenvalue weighted by atomic mass is 16.2. The van der Waals surface area contributed by atoms with E-state index in [1.165, 1.54) is 12.2 Å². The second-order valence-electron chi connectivity index (χ2n) is 16.2. The van der Waals surface area contributed by atoms with Gasteiger partial charge in [-0.05, 0) is 67.7 Å². The molecule has 8 heterocycles. The van der Waals surface area contributed by atoms with E-state index in [9.17, 15) is 9.59 Å². The zero-order valence-electron chi connectivity index (χ0n) is 38.0. The molecule has 8 aromatic rings. The summed E-state index contributed by atoms with van der Waals surface area (Å²) < 4.78 is 0. The fourth-order valence-electron chi connectivity index (χ4n) is 7.82. The average Bonchev–Trinajstić information content (AvgIpc) is 3.39. The van der Waals surface area contributed by atoms with Crippen molar-refractivity contribution in [1.82, 2.24) is 50.1 Å². The van der Waals surface area contributed by atoms with E-state index < -0.39 is 0 Å². The van der Waals surface area contributed by atoms with Crippen molar-refractivity contribution in [2.24, 2.45) is 0 Å². The maximum absolute atomic E-state index is 11.7. The first-order valence-electron chi connectivity index (χ1n) is 22.4. The van der Waals surface area contributed by atoms with Gasteiger partial charge in [0, 0.05) is 110 Å². The maximum atomic E-state index is 11.7. The fourth-order valence-corrected chi connectivity index (χ4v) is 7.82. The number of nitrogens with zero attached hydrogens (tertiary/aromatic N) is 11. The first-order valence-corrected chi connectivity index (χ1v) is 22.4. The lowest BCUT2D eigenvalue weighted by molar-refractivity contribution is -0.112. The molecule has 2 aliphatic heterocycles. The molecule has 6 aromatic heterocycles. The van der Waals surface area contributed by atoms with Gasteiger partial charge in [-0.15, -0.1) is 0 Å². The molecule has 2 fully saturated rings. The summed E-state index contributed by atoms with van der Waals surface area (Å²) in [4.78, 5) is 66.9. The molecule has 0 spiro atoms. The molecule has 0 bridgehead atoms. The Morgan fingerprint density at radius 3 is 1.48 bits per heavy atom. The second kappa shape index (κ2) is 21.3. The number of benzene rings is 2. The number of fused-ring (bicyclic) bond motifs is 2. The number of nitrogens with one attached hydrogen (secondary N) is 5. The summed E-state index contributed by atoms with van der Waals surface area (Å²) in [5.74, 6) is 2.31. The number of hydrogen-bond donors (Lipinski definition) is 5. The van der Waals surface area contributed by atoms with Crippen molar-refractivity contribution >= 4 is 79.9 Å². The van der Waals surface area contributed by atoms with Crippen molar-refractivity contribution in [2.75, 3.05) is 90.5 Å². The number of aromatic nitrogens is 8. The average molecular weight is 919 g/mol. The summed E-state index contributed by atoms with van der Waals surface area (Å²) in [5, 5.41) is 17.2. The number of rotatable bonds is 12. The number of piperazine rings is 2. The van der Waals surface area contributed by atoms with Crippen LogP contribution in [-0.4, -0.2) is 116 Å². The van der Waals surface area contributed by atoms with Gasteiger partial charge in [0.2, 0.25) is 23.7 Å². The van der Waals surface area contributed by atoms with Crippen molar-refractivity contribution in [3.05, 3.63) is 147 Å². The lowest BCUT2D eigenvalue weighted by Gasteiger charge is -2.33. The van der Waals surface area contributed by atoms with Crippen LogP contribution in [0.2, 0.25) is 0 Å². The monoisotopic (exact) mass is 918 g/mol. The summed E-state index contributed by atoms with van der Waals surface area (Å²) in [7, 11) is 2.14. The standard InChI is InChI=1S/C26H26N8O.C25H24N8O/c1-3-24(35)30-19-9-10-27-22(15-19)21-6-4-5-18-16-29-26(32-25(18)21)31-20-7-8-23(28-17-20)34-13-11-33(2)12-14-34;1-2-23(34)30-18-8-9-27-21(14-18)20-5-3-4-17-15-29-25(32-24(17)20)31-19-6-7-22(28-16-19)33-12-10-26-11-13-33/h3-10,15-17H,1,11-14H2,2H3,(H,27,30,35)(H,29,31,32);2-9,14-16,26H,1,10-13H2,(H,27,30,34)(H,29,31,32). The van der Waals surface area contributed by atoms with Gasteiger partial charge in [-0.3, -0.25) is 19.6 Å².